The molecule has 1 heterocycles. The number of halogens is 1. The van der Waals surface area contributed by atoms with Gasteiger partial charge in [0.05, 0.1) is 11.9 Å². The maximum Gasteiger partial charge on any atom is 0.241 e. The number of nitrogens with zero attached hydrogens (tertiary/aromatic N) is 2. The lowest BCUT2D eigenvalue weighted by molar-refractivity contribution is -0.119. The average molecular weight is 450 g/mol. The van der Waals surface area contributed by atoms with Crippen LogP contribution in [-0.4, -0.2) is 45.1 Å². The van der Waals surface area contributed by atoms with E-state index < -0.39 is 10.0 Å². The summed E-state index contributed by atoms with van der Waals surface area (Å²) in [6.07, 6.45) is 3.58. The molecule has 1 aliphatic rings. The van der Waals surface area contributed by atoms with Gasteiger partial charge in [-0.1, -0.05) is 41.9 Å². The highest BCUT2D eigenvalue weighted by atomic mass is 35.5. The lowest BCUT2D eigenvalue weighted by Gasteiger charge is -2.24. The maximum absolute atomic E-state index is 12.5. The van der Waals surface area contributed by atoms with E-state index in [0.29, 0.717) is 17.3 Å². The number of sulfonamides is 1. The Bertz CT molecular complexity index is 1000. The van der Waals surface area contributed by atoms with Gasteiger partial charge in [-0.15, -0.1) is 0 Å². The molecule has 1 amide bonds. The molecule has 0 aromatic heterocycles. The second kappa shape index (κ2) is 9.81. The number of carbonyl (C=O) groups excluding carboxylic acids is 1. The predicted octanol–water partition coefficient (Wildman–Crippen LogP) is 3.33. The van der Waals surface area contributed by atoms with Crippen molar-refractivity contribution in [2.45, 2.75) is 32.9 Å². The monoisotopic (exact) mass is 449 g/mol. The van der Waals surface area contributed by atoms with Crippen LogP contribution in [0.5, 0.6) is 0 Å². The average Bonchev–Trinajstić information content (AvgIpc) is 3.19. The molecule has 0 unspecified atom stereocenters. The van der Waals surface area contributed by atoms with Crippen LogP contribution in [0.3, 0.4) is 0 Å². The van der Waals surface area contributed by atoms with Crippen LogP contribution in [0.1, 0.15) is 29.5 Å². The van der Waals surface area contributed by atoms with Crippen molar-refractivity contribution < 1.29 is 13.2 Å². The topological polar surface area (TPSA) is 69.7 Å². The van der Waals surface area contributed by atoms with Crippen LogP contribution in [-0.2, 0) is 27.9 Å². The van der Waals surface area contributed by atoms with Gasteiger partial charge in [-0.05, 0) is 61.7 Å². The predicted molar refractivity (Wildman–Crippen MR) is 121 cm³/mol. The largest absolute Gasteiger partial charge is 0.350 e. The van der Waals surface area contributed by atoms with Gasteiger partial charge in [-0.25, -0.2) is 8.42 Å². The Morgan fingerprint density at radius 1 is 1.13 bits per heavy atom. The number of aryl methyl sites for hydroxylation is 1. The zero-order valence-electron chi connectivity index (χ0n) is 17.4. The fourth-order valence-electron chi connectivity index (χ4n) is 3.66. The summed E-state index contributed by atoms with van der Waals surface area (Å²) < 4.78 is 25.7. The van der Waals surface area contributed by atoms with Gasteiger partial charge < -0.3 is 5.32 Å². The van der Waals surface area contributed by atoms with Gasteiger partial charge in [0.25, 0.3) is 0 Å². The van der Waals surface area contributed by atoms with Crippen molar-refractivity contribution in [1.29, 1.82) is 0 Å². The number of anilines is 1. The fraction of sp³-hybridized carbons (Fsp3) is 0.409. The summed E-state index contributed by atoms with van der Waals surface area (Å²) in [6, 6.07) is 13.1. The van der Waals surface area contributed by atoms with Crippen molar-refractivity contribution in [1.82, 2.24) is 10.2 Å². The summed E-state index contributed by atoms with van der Waals surface area (Å²) in [5.74, 6) is -0.371. The molecule has 30 heavy (non-hydrogen) atoms. The van der Waals surface area contributed by atoms with Crippen molar-refractivity contribution in [2.24, 2.45) is 0 Å². The van der Waals surface area contributed by atoms with Gasteiger partial charge in [-0.2, -0.15) is 0 Å². The second-order valence-electron chi connectivity index (χ2n) is 7.78. The summed E-state index contributed by atoms with van der Waals surface area (Å²) in [7, 11) is -3.65. The van der Waals surface area contributed by atoms with E-state index in [1.165, 1.54) is 18.4 Å². The number of amides is 1. The minimum Gasteiger partial charge on any atom is -0.350 e. The lowest BCUT2D eigenvalue weighted by Crippen LogP contribution is -2.40. The highest BCUT2D eigenvalue weighted by Crippen LogP contribution is 2.26. The van der Waals surface area contributed by atoms with Gasteiger partial charge in [0.1, 0.15) is 6.54 Å². The zero-order chi connectivity index (χ0) is 21.7. The number of hydrogen-bond donors (Lipinski definition) is 1. The number of hydrogen-bond acceptors (Lipinski definition) is 4. The van der Waals surface area contributed by atoms with Crippen molar-refractivity contribution in [3.05, 3.63) is 64.2 Å². The SMILES string of the molecule is Cc1ccc(Cl)cc1N(CC(=O)NCc1cccc(CN2CCCC2)c1)S(C)(=O)=O. The molecule has 1 aliphatic heterocycles. The molecular weight excluding hydrogens is 422 g/mol. The summed E-state index contributed by atoms with van der Waals surface area (Å²) in [5.41, 5.74) is 3.35. The van der Waals surface area contributed by atoms with Gasteiger partial charge in [0.2, 0.25) is 15.9 Å². The third kappa shape index (κ3) is 6.20. The van der Waals surface area contributed by atoms with Gasteiger partial charge in [-0.3, -0.25) is 14.0 Å². The molecule has 8 heteroatoms. The molecule has 0 saturated carbocycles. The first-order valence-corrected chi connectivity index (χ1v) is 12.3. The van der Waals surface area contributed by atoms with Crippen molar-refractivity contribution in [3.63, 3.8) is 0 Å². The molecule has 2 aromatic rings. The molecule has 0 atom stereocenters. The Labute approximate surface area is 183 Å². The minimum absolute atomic E-state index is 0.298. The summed E-state index contributed by atoms with van der Waals surface area (Å²) in [4.78, 5) is 15.0. The Balaban J connectivity index is 1.64. The van der Waals surface area contributed by atoms with Crippen molar-refractivity contribution >= 4 is 33.2 Å². The summed E-state index contributed by atoms with van der Waals surface area (Å²) in [6.45, 7) is 5.01. The second-order valence-corrected chi connectivity index (χ2v) is 10.1. The number of carbonyl (C=O) groups is 1. The van der Waals surface area contributed by atoms with E-state index in [-0.39, 0.29) is 12.5 Å². The molecule has 0 aliphatic carbocycles. The van der Waals surface area contributed by atoms with E-state index in [2.05, 4.69) is 22.3 Å². The third-order valence-electron chi connectivity index (χ3n) is 5.21. The first-order valence-electron chi connectivity index (χ1n) is 10.0. The fourth-order valence-corrected chi connectivity index (χ4v) is 4.73. The van der Waals surface area contributed by atoms with Gasteiger partial charge in [0, 0.05) is 18.1 Å². The molecule has 0 spiro atoms. The maximum atomic E-state index is 12.5. The molecule has 0 radical (unpaired) electrons. The van der Waals surface area contributed by atoms with Gasteiger partial charge >= 0.3 is 0 Å². The van der Waals surface area contributed by atoms with Crippen LogP contribution in [0.2, 0.25) is 5.02 Å². The third-order valence-corrected chi connectivity index (χ3v) is 6.57. The molecule has 162 valence electrons. The molecular formula is C22H28ClN3O3S. The number of likely N-dealkylation sites (tertiary alicyclic amines) is 1. The molecule has 3 rings (SSSR count). The van der Waals surface area contributed by atoms with Crippen LogP contribution in [0.4, 0.5) is 5.69 Å². The van der Waals surface area contributed by atoms with E-state index in [1.54, 1.807) is 25.1 Å². The Kier molecular flexibility index (Phi) is 7.39. The van der Waals surface area contributed by atoms with Crippen LogP contribution in [0.15, 0.2) is 42.5 Å². The van der Waals surface area contributed by atoms with E-state index >= 15 is 0 Å². The molecule has 6 nitrogen and oxygen atoms in total. The van der Waals surface area contributed by atoms with Crippen molar-refractivity contribution in [3.8, 4) is 0 Å². The van der Waals surface area contributed by atoms with E-state index in [1.807, 2.05) is 12.1 Å². The first-order chi connectivity index (χ1) is 14.2. The number of nitrogens with one attached hydrogen (secondary N) is 1. The Hall–Kier alpha value is -2.09. The molecule has 2 aromatic carbocycles. The van der Waals surface area contributed by atoms with E-state index in [4.69, 9.17) is 11.6 Å². The normalized spacial score (nSPS) is 14.6. The Morgan fingerprint density at radius 3 is 2.53 bits per heavy atom. The van der Waals surface area contributed by atoms with Crippen LogP contribution in [0.25, 0.3) is 0 Å². The summed E-state index contributed by atoms with van der Waals surface area (Å²) >= 11 is 6.04. The highest BCUT2D eigenvalue weighted by molar-refractivity contribution is 7.92. The standard InChI is InChI=1S/C22H28ClN3O3S/c1-17-8-9-20(23)13-21(17)26(30(2,28)29)16-22(27)24-14-18-6-5-7-19(12-18)15-25-10-3-4-11-25/h5-9,12-13H,3-4,10-11,14-16H2,1-2H3,(H,24,27). The van der Waals surface area contributed by atoms with Crippen LogP contribution < -0.4 is 9.62 Å². The Morgan fingerprint density at radius 2 is 1.83 bits per heavy atom. The van der Waals surface area contributed by atoms with Crippen LogP contribution >= 0.6 is 11.6 Å². The molecule has 0 bridgehead atoms. The molecule has 1 N–H and O–H groups in total. The number of rotatable bonds is 8. The molecule has 1 saturated heterocycles. The number of benzene rings is 2. The van der Waals surface area contributed by atoms with E-state index in [9.17, 15) is 13.2 Å². The molecule has 1 fully saturated rings. The highest BCUT2D eigenvalue weighted by Gasteiger charge is 2.22. The zero-order valence-corrected chi connectivity index (χ0v) is 19.0. The summed E-state index contributed by atoms with van der Waals surface area (Å²) in [5, 5.41) is 3.25. The lowest BCUT2D eigenvalue weighted by atomic mass is 10.1. The van der Waals surface area contributed by atoms with Gasteiger partial charge in [0.15, 0.2) is 0 Å². The van der Waals surface area contributed by atoms with Crippen molar-refractivity contribution in [2.75, 3.05) is 30.2 Å². The first kappa shape index (κ1) is 22.6. The smallest absolute Gasteiger partial charge is 0.241 e. The quantitative estimate of drug-likeness (QED) is 0.671. The van der Waals surface area contributed by atoms with E-state index in [0.717, 1.165) is 41.3 Å². The van der Waals surface area contributed by atoms with Crippen LogP contribution in [0, 0.1) is 6.92 Å². The minimum atomic E-state index is -3.65.